The lowest BCUT2D eigenvalue weighted by Crippen LogP contribution is -2.04. The molecule has 1 heterocycles. The first-order valence-electron chi connectivity index (χ1n) is 4.49. The summed E-state index contributed by atoms with van der Waals surface area (Å²) in [6, 6.07) is 0. The van der Waals surface area contributed by atoms with Crippen LogP contribution in [-0.2, 0) is 15.6 Å². The van der Waals surface area contributed by atoms with Gasteiger partial charge in [0.05, 0.1) is 12.8 Å². The molecule has 0 aliphatic heterocycles. The summed E-state index contributed by atoms with van der Waals surface area (Å²) in [7, 11) is -3.43. The maximum absolute atomic E-state index is 11.3. The third-order valence-electron chi connectivity index (χ3n) is 1.69. The van der Waals surface area contributed by atoms with Crippen molar-refractivity contribution in [3.05, 3.63) is 4.77 Å². The van der Waals surface area contributed by atoms with Crippen LogP contribution in [0.4, 0.5) is 0 Å². The van der Waals surface area contributed by atoms with Crippen molar-refractivity contribution in [3.8, 4) is 0 Å². The molecule has 0 fully saturated rings. The Labute approximate surface area is 92.0 Å². The summed E-state index contributed by atoms with van der Waals surface area (Å²) in [4.78, 5) is 9.27. The minimum atomic E-state index is -3.43. The van der Waals surface area contributed by atoms with Crippen molar-refractivity contribution in [2.24, 2.45) is 0 Å². The summed E-state index contributed by atoms with van der Waals surface area (Å²) in [6.07, 6.45) is 0.577. The maximum atomic E-state index is 11.3. The van der Waals surface area contributed by atoms with Crippen LogP contribution >= 0.6 is 19.8 Å². The zero-order chi connectivity index (χ0) is 11.3. The summed E-state index contributed by atoms with van der Waals surface area (Å²) in [6.45, 7) is 2.39. The van der Waals surface area contributed by atoms with E-state index < -0.39 is 7.60 Å². The number of hydrogen-bond donors (Lipinski definition) is 2. The molecule has 7 nitrogen and oxygen atoms in total. The largest absolute Gasteiger partial charge is 0.328 e. The van der Waals surface area contributed by atoms with Crippen LogP contribution in [0.5, 0.6) is 0 Å². The van der Waals surface area contributed by atoms with E-state index in [4.69, 9.17) is 16.7 Å². The van der Waals surface area contributed by atoms with Gasteiger partial charge in [-0.1, -0.05) is 10.3 Å². The first kappa shape index (κ1) is 12.5. The van der Waals surface area contributed by atoms with E-state index in [0.717, 1.165) is 0 Å². The molecule has 2 N–H and O–H groups in total. The molecule has 9 heteroatoms. The van der Waals surface area contributed by atoms with E-state index in [9.17, 15) is 9.46 Å². The third-order valence-corrected chi connectivity index (χ3v) is 3.53. The predicted octanol–water partition coefficient (Wildman–Crippen LogP) is 0.948. The van der Waals surface area contributed by atoms with Gasteiger partial charge in [0.15, 0.2) is 0 Å². The molecule has 0 saturated carbocycles. The van der Waals surface area contributed by atoms with Gasteiger partial charge in [-0.15, -0.1) is 0 Å². The van der Waals surface area contributed by atoms with Gasteiger partial charge in [0.2, 0.25) is 4.77 Å². The average molecular weight is 252 g/mol. The molecule has 1 unspecified atom stereocenters. The van der Waals surface area contributed by atoms with Crippen LogP contribution < -0.4 is 0 Å². The summed E-state index contributed by atoms with van der Waals surface area (Å²) in [5.41, 5.74) is 0. The standard InChI is InChI=1S/C6H13N4O3PS/c1-2-13-14(11,12)5-3-4-10-6(15)7-8-9-10/h2-5H2,1H3,(H,11,12)(H,7,9,15). The highest BCUT2D eigenvalue weighted by Crippen LogP contribution is 2.42. The van der Waals surface area contributed by atoms with Gasteiger partial charge in [0.25, 0.3) is 0 Å². The smallest absolute Gasteiger partial charge is 0.324 e. The van der Waals surface area contributed by atoms with Crippen LogP contribution in [0.25, 0.3) is 0 Å². The lowest BCUT2D eigenvalue weighted by molar-refractivity contribution is 0.272. The Balaban J connectivity index is 2.37. The van der Waals surface area contributed by atoms with Gasteiger partial charge in [-0.2, -0.15) is 5.21 Å². The van der Waals surface area contributed by atoms with Crippen LogP contribution in [0.2, 0.25) is 0 Å². The Morgan fingerprint density at radius 1 is 1.73 bits per heavy atom. The third kappa shape index (κ3) is 4.21. The minimum Gasteiger partial charge on any atom is -0.324 e. The minimum absolute atomic E-state index is 0.0988. The number of H-pyrrole nitrogens is 1. The monoisotopic (exact) mass is 252 g/mol. The van der Waals surface area contributed by atoms with Crippen molar-refractivity contribution in [2.45, 2.75) is 19.9 Å². The topological polar surface area (TPSA) is 93.0 Å². The van der Waals surface area contributed by atoms with Gasteiger partial charge in [0, 0.05) is 6.54 Å². The van der Waals surface area contributed by atoms with Crippen molar-refractivity contribution < 1.29 is 14.0 Å². The molecule has 0 radical (unpaired) electrons. The average Bonchev–Trinajstić information content (AvgIpc) is 2.51. The number of nitrogens with zero attached hydrogens (tertiary/aromatic N) is 3. The molecule has 1 rings (SSSR count). The van der Waals surface area contributed by atoms with E-state index in [1.807, 2.05) is 0 Å². The van der Waals surface area contributed by atoms with E-state index in [1.165, 1.54) is 4.68 Å². The molecule has 1 aromatic rings. The zero-order valence-corrected chi connectivity index (χ0v) is 10.0. The van der Waals surface area contributed by atoms with E-state index in [1.54, 1.807) is 6.92 Å². The van der Waals surface area contributed by atoms with Gasteiger partial charge in [-0.3, -0.25) is 4.57 Å². The van der Waals surface area contributed by atoms with E-state index in [0.29, 0.717) is 17.7 Å². The van der Waals surface area contributed by atoms with Gasteiger partial charge in [0.1, 0.15) is 0 Å². The molecule has 86 valence electrons. The number of aromatic amines is 1. The van der Waals surface area contributed by atoms with Gasteiger partial charge >= 0.3 is 7.60 Å². The molecule has 0 saturated heterocycles. The second-order valence-corrected chi connectivity index (χ2v) is 5.21. The lowest BCUT2D eigenvalue weighted by Gasteiger charge is -2.09. The summed E-state index contributed by atoms with van der Waals surface area (Å²) in [5.74, 6) is 0. The van der Waals surface area contributed by atoms with E-state index in [2.05, 4.69) is 15.5 Å². The van der Waals surface area contributed by atoms with Crippen molar-refractivity contribution in [1.29, 1.82) is 0 Å². The Morgan fingerprint density at radius 2 is 2.47 bits per heavy atom. The van der Waals surface area contributed by atoms with Crippen molar-refractivity contribution in [3.63, 3.8) is 0 Å². The van der Waals surface area contributed by atoms with Gasteiger partial charge in [-0.25, -0.2) is 4.68 Å². The van der Waals surface area contributed by atoms with Crippen LogP contribution in [0.3, 0.4) is 0 Å². The molecule has 15 heavy (non-hydrogen) atoms. The number of hydrogen-bond acceptors (Lipinski definition) is 5. The Morgan fingerprint density at radius 3 is 3.00 bits per heavy atom. The van der Waals surface area contributed by atoms with E-state index in [-0.39, 0.29) is 12.8 Å². The SMILES string of the molecule is CCOP(=O)(O)CCCn1[nH]nnc1=S. The highest BCUT2D eigenvalue weighted by molar-refractivity contribution is 7.71. The number of rotatable bonds is 6. The Bertz CT molecular complexity index is 403. The Kier molecular flexibility index (Phi) is 4.59. The molecule has 0 spiro atoms. The number of tetrazole rings is 1. The maximum Gasteiger partial charge on any atom is 0.328 e. The first-order valence-corrected chi connectivity index (χ1v) is 6.66. The lowest BCUT2D eigenvalue weighted by atomic mass is 10.5. The summed E-state index contributed by atoms with van der Waals surface area (Å²) < 4.78 is 17.9. The molecule has 0 amide bonds. The zero-order valence-electron chi connectivity index (χ0n) is 8.29. The van der Waals surface area contributed by atoms with Crippen LogP contribution in [0, 0.1) is 4.77 Å². The normalized spacial score (nSPS) is 15.1. The second-order valence-electron chi connectivity index (χ2n) is 2.87. The van der Waals surface area contributed by atoms with Crippen LogP contribution in [0.15, 0.2) is 0 Å². The molecule has 0 aliphatic carbocycles. The highest BCUT2D eigenvalue weighted by Gasteiger charge is 2.17. The molecule has 0 bridgehead atoms. The fraction of sp³-hybridized carbons (Fsp3) is 0.833. The quantitative estimate of drug-likeness (QED) is 0.578. The number of aromatic nitrogens is 4. The fourth-order valence-electron chi connectivity index (χ4n) is 1.06. The summed E-state index contributed by atoms with van der Waals surface area (Å²) >= 11 is 4.84. The predicted molar refractivity (Wildman–Crippen MR) is 56.1 cm³/mol. The van der Waals surface area contributed by atoms with Crippen LogP contribution in [-0.4, -0.2) is 37.9 Å². The molecule has 1 aromatic heterocycles. The van der Waals surface area contributed by atoms with Gasteiger partial charge in [-0.05, 0) is 25.6 Å². The first-order chi connectivity index (χ1) is 7.05. The number of nitrogens with one attached hydrogen (secondary N) is 1. The van der Waals surface area contributed by atoms with E-state index >= 15 is 0 Å². The fourth-order valence-corrected chi connectivity index (χ4v) is 2.30. The summed E-state index contributed by atoms with van der Waals surface area (Å²) in [5, 5.41) is 9.63. The highest BCUT2D eigenvalue weighted by atomic mass is 32.1. The number of aryl methyl sites for hydroxylation is 1. The molecule has 0 aliphatic rings. The van der Waals surface area contributed by atoms with Crippen molar-refractivity contribution in [2.75, 3.05) is 12.8 Å². The molecule has 0 aromatic carbocycles. The Hall–Kier alpha value is -0.560. The van der Waals surface area contributed by atoms with Gasteiger partial charge < -0.3 is 9.42 Å². The van der Waals surface area contributed by atoms with Crippen molar-refractivity contribution >= 4 is 19.8 Å². The second kappa shape index (κ2) is 5.50. The van der Waals surface area contributed by atoms with Crippen LogP contribution in [0.1, 0.15) is 13.3 Å². The molecular weight excluding hydrogens is 239 g/mol. The molecule has 1 atom stereocenters. The molecular formula is C6H13N4O3PS. The van der Waals surface area contributed by atoms with Crippen molar-refractivity contribution in [1.82, 2.24) is 20.2 Å².